The molecule has 0 spiro atoms. The van der Waals surface area contributed by atoms with E-state index in [0.717, 1.165) is 33.2 Å². The quantitative estimate of drug-likeness (QED) is 0.651. The fourth-order valence-corrected chi connectivity index (χ4v) is 2.96. The molecule has 146 valence electrons. The Kier molecular flexibility index (Phi) is 5.68. The molecule has 1 amide bonds. The van der Waals surface area contributed by atoms with Crippen LogP contribution < -0.4 is 10.1 Å². The predicted molar refractivity (Wildman–Crippen MR) is 107 cm³/mol. The smallest absolute Gasteiger partial charge is 0.343 e. The normalized spacial score (nSPS) is 10.7. The van der Waals surface area contributed by atoms with Crippen LogP contribution in [-0.2, 0) is 20.7 Å². The molecular weight excluding hydrogens is 358 g/mol. The molecule has 6 heteroatoms. The maximum absolute atomic E-state index is 12.5. The van der Waals surface area contributed by atoms with Crippen LogP contribution in [0.1, 0.15) is 22.3 Å². The van der Waals surface area contributed by atoms with E-state index in [1.165, 1.54) is 7.11 Å². The standard InChI is InChI=1S/C22H23NO5/c1-13-5-7-18-16(11-28-22(18)15(13)3)10-20(24)23-19-8-6-17(9-14(19)2)27-12-21(25)26-4/h5-9,11H,10,12H2,1-4H3,(H,23,24). The molecule has 0 aliphatic carbocycles. The lowest BCUT2D eigenvalue weighted by Crippen LogP contribution is -2.15. The highest BCUT2D eigenvalue weighted by Gasteiger charge is 2.14. The first-order valence-electron chi connectivity index (χ1n) is 8.95. The average Bonchev–Trinajstić information content (AvgIpc) is 3.08. The third-order valence-corrected chi connectivity index (χ3v) is 4.75. The van der Waals surface area contributed by atoms with Gasteiger partial charge in [0.25, 0.3) is 0 Å². The number of esters is 1. The second kappa shape index (κ2) is 8.17. The van der Waals surface area contributed by atoms with E-state index in [1.807, 2.05) is 32.9 Å². The summed E-state index contributed by atoms with van der Waals surface area (Å²) in [7, 11) is 1.31. The number of nitrogens with one attached hydrogen (secondary N) is 1. The topological polar surface area (TPSA) is 77.8 Å². The van der Waals surface area contributed by atoms with Gasteiger partial charge >= 0.3 is 5.97 Å². The molecule has 2 aromatic carbocycles. The van der Waals surface area contributed by atoms with Crippen molar-refractivity contribution >= 4 is 28.5 Å². The second-order valence-electron chi connectivity index (χ2n) is 6.71. The molecule has 1 N–H and O–H groups in total. The predicted octanol–water partition coefficient (Wildman–Crippen LogP) is 4.09. The molecule has 28 heavy (non-hydrogen) atoms. The van der Waals surface area contributed by atoms with Gasteiger partial charge in [0, 0.05) is 16.6 Å². The summed E-state index contributed by atoms with van der Waals surface area (Å²) in [6, 6.07) is 9.23. The van der Waals surface area contributed by atoms with Crippen LogP contribution in [0, 0.1) is 20.8 Å². The number of ether oxygens (including phenoxy) is 2. The van der Waals surface area contributed by atoms with E-state index in [4.69, 9.17) is 9.15 Å². The van der Waals surface area contributed by atoms with Gasteiger partial charge in [-0.1, -0.05) is 12.1 Å². The Hall–Kier alpha value is -3.28. The van der Waals surface area contributed by atoms with Gasteiger partial charge in [-0.05, 0) is 55.7 Å². The summed E-state index contributed by atoms with van der Waals surface area (Å²) in [5.41, 5.74) is 5.44. The lowest BCUT2D eigenvalue weighted by molar-refractivity contribution is -0.142. The fourth-order valence-electron chi connectivity index (χ4n) is 2.96. The molecule has 0 atom stereocenters. The summed E-state index contributed by atoms with van der Waals surface area (Å²) < 4.78 is 15.6. The molecule has 1 aromatic heterocycles. The first kappa shape index (κ1) is 19.5. The number of fused-ring (bicyclic) bond motifs is 1. The van der Waals surface area contributed by atoms with Crippen LogP contribution in [0.5, 0.6) is 5.75 Å². The highest BCUT2D eigenvalue weighted by atomic mass is 16.6. The number of amides is 1. The summed E-state index contributed by atoms with van der Waals surface area (Å²) in [6.07, 6.45) is 1.86. The van der Waals surface area contributed by atoms with E-state index in [1.54, 1.807) is 24.5 Å². The summed E-state index contributed by atoms with van der Waals surface area (Å²) in [6.45, 7) is 5.75. The van der Waals surface area contributed by atoms with Crippen LogP contribution in [0.4, 0.5) is 5.69 Å². The Balaban J connectivity index is 1.68. The Morgan fingerprint density at radius 2 is 1.86 bits per heavy atom. The van der Waals surface area contributed by atoms with Gasteiger partial charge in [-0.15, -0.1) is 0 Å². The lowest BCUT2D eigenvalue weighted by atomic mass is 10.0. The fraction of sp³-hybridized carbons (Fsp3) is 0.273. The molecular formula is C22H23NO5. The molecule has 1 heterocycles. The monoisotopic (exact) mass is 381 g/mol. The Morgan fingerprint density at radius 3 is 2.57 bits per heavy atom. The maximum Gasteiger partial charge on any atom is 0.343 e. The molecule has 6 nitrogen and oxygen atoms in total. The largest absolute Gasteiger partial charge is 0.482 e. The van der Waals surface area contributed by atoms with Crippen molar-refractivity contribution in [3.63, 3.8) is 0 Å². The van der Waals surface area contributed by atoms with Crippen molar-refractivity contribution in [2.24, 2.45) is 0 Å². The number of hydrogen-bond acceptors (Lipinski definition) is 5. The number of carbonyl (C=O) groups is 2. The average molecular weight is 381 g/mol. The number of methoxy groups -OCH3 is 1. The molecule has 0 radical (unpaired) electrons. The van der Waals surface area contributed by atoms with Crippen molar-refractivity contribution in [2.75, 3.05) is 19.0 Å². The maximum atomic E-state index is 12.5. The van der Waals surface area contributed by atoms with E-state index in [2.05, 4.69) is 10.1 Å². The summed E-state index contributed by atoms with van der Waals surface area (Å²) >= 11 is 0. The summed E-state index contributed by atoms with van der Waals surface area (Å²) in [5, 5.41) is 3.87. The Bertz CT molecular complexity index is 1030. The zero-order chi connectivity index (χ0) is 20.3. The highest BCUT2D eigenvalue weighted by Crippen LogP contribution is 2.27. The lowest BCUT2D eigenvalue weighted by Gasteiger charge is -2.11. The van der Waals surface area contributed by atoms with Crippen molar-refractivity contribution in [1.82, 2.24) is 0 Å². The zero-order valence-corrected chi connectivity index (χ0v) is 16.4. The number of benzene rings is 2. The molecule has 0 aliphatic rings. The van der Waals surface area contributed by atoms with Crippen molar-refractivity contribution in [3.8, 4) is 5.75 Å². The molecule has 3 rings (SSSR count). The Morgan fingerprint density at radius 1 is 1.07 bits per heavy atom. The number of rotatable bonds is 6. The van der Waals surface area contributed by atoms with Crippen molar-refractivity contribution in [2.45, 2.75) is 27.2 Å². The number of hydrogen-bond donors (Lipinski definition) is 1. The molecule has 3 aromatic rings. The molecule has 0 saturated carbocycles. The second-order valence-corrected chi connectivity index (χ2v) is 6.71. The van der Waals surface area contributed by atoms with Gasteiger partial charge in [0.1, 0.15) is 11.3 Å². The zero-order valence-electron chi connectivity index (χ0n) is 16.4. The first-order chi connectivity index (χ1) is 13.4. The van der Waals surface area contributed by atoms with Crippen LogP contribution in [0.2, 0.25) is 0 Å². The van der Waals surface area contributed by atoms with Crippen molar-refractivity contribution in [1.29, 1.82) is 0 Å². The SMILES string of the molecule is COC(=O)COc1ccc(NC(=O)Cc2coc3c(C)c(C)ccc23)c(C)c1. The van der Waals surface area contributed by atoms with Crippen molar-refractivity contribution < 1.29 is 23.5 Å². The van der Waals surface area contributed by atoms with Crippen LogP contribution in [-0.4, -0.2) is 25.6 Å². The van der Waals surface area contributed by atoms with Gasteiger partial charge in [-0.2, -0.15) is 0 Å². The van der Waals surface area contributed by atoms with Gasteiger partial charge in [0.2, 0.25) is 5.91 Å². The van der Waals surface area contributed by atoms with Crippen LogP contribution in [0.25, 0.3) is 11.0 Å². The number of aryl methyl sites for hydroxylation is 3. The van der Waals surface area contributed by atoms with Gasteiger partial charge < -0.3 is 19.2 Å². The van der Waals surface area contributed by atoms with Crippen molar-refractivity contribution in [3.05, 3.63) is 58.8 Å². The molecule has 0 aliphatic heterocycles. The van der Waals surface area contributed by atoms with E-state index >= 15 is 0 Å². The number of anilines is 1. The van der Waals surface area contributed by atoms with E-state index in [-0.39, 0.29) is 18.9 Å². The minimum atomic E-state index is -0.451. The minimum absolute atomic E-state index is 0.132. The first-order valence-corrected chi connectivity index (χ1v) is 8.95. The molecule has 0 fully saturated rings. The van der Waals surface area contributed by atoms with Gasteiger partial charge in [-0.25, -0.2) is 4.79 Å². The third-order valence-electron chi connectivity index (χ3n) is 4.75. The summed E-state index contributed by atoms with van der Waals surface area (Å²) in [5.74, 6) is -0.0485. The summed E-state index contributed by atoms with van der Waals surface area (Å²) in [4.78, 5) is 23.7. The van der Waals surface area contributed by atoms with Crippen LogP contribution in [0.15, 0.2) is 41.0 Å². The van der Waals surface area contributed by atoms with Gasteiger partial charge in [0.05, 0.1) is 19.8 Å². The number of carbonyl (C=O) groups excluding carboxylic acids is 2. The van der Waals surface area contributed by atoms with Crippen LogP contribution in [0.3, 0.4) is 0 Å². The van der Waals surface area contributed by atoms with E-state index in [0.29, 0.717) is 11.4 Å². The van der Waals surface area contributed by atoms with Gasteiger partial charge in [-0.3, -0.25) is 4.79 Å². The minimum Gasteiger partial charge on any atom is -0.482 e. The molecule has 0 unspecified atom stereocenters. The highest BCUT2D eigenvalue weighted by molar-refractivity contribution is 5.96. The Labute approximate surface area is 163 Å². The van der Waals surface area contributed by atoms with E-state index in [9.17, 15) is 9.59 Å². The van der Waals surface area contributed by atoms with Crippen LogP contribution >= 0.6 is 0 Å². The van der Waals surface area contributed by atoms with E-state index < -0.39 is 5.97 Å². The molecule has 0 saturated heterocycles. The number of furan rings is 1. The van der Waals surface area contributed by atoms with Gasteiger partial charge in [0.15, 0.2) is 6.61 Å². The third kappa shape index (κ3) is 4.17. The molecule has 0 bridgehead atoms.